The van der Waals surface area contributed by atoms with Gasteiger partial charge in [0.15, 0.2) is 0 Å². The van der Waals surface area contributed by atoms with Crippen LogP contribution in [0.4, 0.5) is 0 Å². The Kier molecular flexibility index (Phi) is 4.71. The summed E-state index contributed by atoms with van der Waals surface area (Å²) in [7, 11) is 0. The lowest BCUT2D eigenvalue weighted by Crippen LogP contribution is -2.34. The number of carboxylic acids is 1. The van der Waals surface area contributed by atoms with Crippen molar-refractivity contribution >= 4 is 11.9 Å². The van der Waals surface area contributed by atoms with E-state index in [-0.39, 0.29) is 11.7 Å². The fourth-order valence-corrected chi connectivity index (χ4v) is 1.40. The van der Waals surface area contributed by atoms with Gasteiger partial charge >= 0.3 is 5.97 Å². The summed E-state index contributed by atoms with van der Waals surface area (Å²) < 4.78 is 0. The van der Waals surface area contributed by atoms with E-state index in [1.54, 1.807) is 19.1 Å². The number of benzene rings is 1. The number of phenols is 1. The molecule has 0 heterocycles. The molecule has 98 valence electrons. The second-order valence-electron chi connectivity index (χ2n) is 4.30. The number of hydrogen-bond acceptors (Lipinski definition) is 3. The second kappa shape index (κ2) is 6.05. The summed E-state index contributed by atoms with van der Waals surface area (Å²) in [6.45, 7) is 3.41. The molecule has 5 nitrogen and oxygen atoms in total. The lowest BCUT2D eigenvalue weighted by molar-refractivity contribution is -0.146. The van der Waals surface area contributed by atoms with Gasteiger partial charge in [-0.05, 0) is 17.7 Å². The van der Waals surface area contributed by atoms with E-state index >= 15 is 0 Å². The van der Waals surface area contributed by atoms with Crippen molar-refractivity contribution in [3.63, 3.8) is 0 Å². The Morgan fingerprint density at radius 3 is 2.22 bits per heavy atom. The van der Waals surface area contributed by atoms with Crippen molar-refractivity contribution in [1.82, 2.24) is 5.32 Å². The van der Waals surface area contributed by atoms with E-state index in [2.05, 4.69) is 5.32 Å². The van der Waals surface area contributed by atoms with Gasteiger partial charge in [-0.25, -0.2) is 0 Å². The molecule has 0 bridgehead atoms. The third-order valence-electron chi connectivity index (χ3n) is 2.96. The molecule has 18 heavy (non-hydrogen) atoms. The smallest absolute Gasteiger partial charge is 0.307 e. The topological polar surface area (TPSA) is 86.6 Å². The largest absolute Gasteiger partial charge is 0.508 e. The van der Waals surface area contributed by atoms with Crippen molar-refractivity contribution in [2.24, 2.45) is 11.8 Å². The molecule has 0 aliphatic rings. The number of carbonyl (C=O) groups excluding carboxylic acids is 1. The Labute approximate surface area is 105 Å². The molecule has 2 atom stereocenters. The minimum Gasteiger partial charge on any atom is -0.508 e. The number of aliphatic carboxylic acids is 1. The van der Waals surface area contributed by atoms with Crippen molar-refractivity contribution in [2.75, 3.05) is 0 Å². The number of carboxylic acid groups (broad SMARTS) is 1. The summed E-state index contributed by atoms with van der Waals surface area (Å²) in [6, 6.07) is 6.46. The van der Waals surface area contributed by atoms with E-state index in [9.17, 15) is 9.59 Å². The molecule has 3 N–H and O–H groups in total. The predicted molar refractivity (Wildman–Crippen MR) is 65.9 cm³/mol. The summed E-state index contributed by atoms with van der Waals surface area (Å²) in [5.74, 6) is -2.41. The van der Waals surface area contributed by atoms with Gasteiger partial charge in [0.1, 0.15) is 5.75 Å². The normalized spacial score (nSPS) is 13.7. The number of nitrogens with one attached hydrogen (secondary N) is 1. The fraction of sp³-hybridized carbons (Fsp3) is 0.385. The van der Waals surface area contributed by atoms with Crippen molar-refractivity contribution < 1.29 is 19.8 Å². The average Bonchev–Trinajstić information content (AvgIpc) is 2.35. The van der Waals surface area contributed by atoms with Crippen LogP contribution in [0.2, 0.25) is 0 Å². The van der Waals surface area contributed by atoms with Crippen LogP contribution in [0.3, 0.4) is 0 Å². The average molecular weight is 251 g/mol. The van der Waals surface area contributed by atoms with Gasteiger partial charge in [-0.3, -0.25) is 9.59 Å². The number of phenolic OH excluding ortho intramolecular Hbond substituents is 1. The van der Waals surface area contributed by atoms with Gasteiger partial charge in [0.2, 0.25) is 5.91 Å². The van der Waals surface area contributed by atoms with E-state index < -0.39 is 17.8 Å². The SMILES string of the molecule is CC(C(=O)O)C(C)C(=O)NCc1ccc(O)cc1. The second-order valence-corrected chi connectivity index (χ2v) is 4.30. The van der Waals surface area contributed by atoms with E-state index in [0.717, 1.165) is 5.56 Å². The number of hydrogen-bond donors (Lipinski definition) is 3. The highest BCUT2D eigenvalue weighted by Gasteiger charge is 2.25. The Bertz CT molecular complexity index is 427. The Hall–Kier alpha value is -2.04. The molecule has 0 aliphatic carbocycles. The van der Waals surface area contributed by atoms with Gasteiger partial charge in [-0.15, -0.1) is 0 Å². The van der Waals surface area contributed by atoms with E-state index in [4.69, 9.17) is 10.2 Å². The van der Waals surface area contributed by atoms with E-state index in [0.29, 0.717) is 6.54 Å². The van der Waals surface area contributed by atoms with Crippen molar-refractivity contribution in [3.8, 4) is 5.75 Å². The van der Waals surface area contributed by atoms with Crippen molar-refractivity contribution in [2.45, 2.75) is 20.4 Å². The first-order valence-electron chi connectivity index (χ1n) is 5.70. The summed E-state index contributed by atoms with van der Waals surface area (Å²) in [5, 5.41) is 20.6. The first-order valence-corrected chi connectivity index (χ1v) is 5.70. The summed E-state index contributed by atoms with van der Waals surface area (Å²) in [4.78, 5) is 22.5. The Balaban J connectivity index is 2.50. The zero-order valence-corrected chi connectivity index (χ0v) is 10.4. The first-order chi connectivity index (χ1) is 8.41. The van der Waals surface area contributed by atoms with Crippen LogP contribution >= 0.6 is 0 Å². The molecule has 1 amide bonds. The monoisotopic (exact) mass is 251 g/mol. The van der Waals surface area contributed by atoms with Crippen LogP contribution in [0.5, 0.6) is 5.75 Å². The molecule has 1 aromatic carbocycles. The zero-order valence-electron chi connectivity index (χ0n) is 10.4. The molecule has 5 heteroatoms. The van der Waals surface area contributed by atoms with Crippen LogP contribution in [0.15, 0.2) is 24.3 Å². The summed E-state index contributed by atoms with van der Waals surface area (Å²) in [5.41, 5.74) is 0.844. The zero-order chi connectivity index (χ0) is 13.7. The van der Waals surface area contributed by atoms with Gasteiger partial charge in [-0.2, -0.15) is 0 Å². The summed E-state index contributed by atoms with van der Waals surface area (Å²) in [6.07, 6.45) is 0. The van der Waals surface area contributed by atoms with Crippen LogP contribution in [0, 0.1) is 11.8 Å². The molecule has 0 fully saturated rings. The quantitative estimate of drug-likeness (QED) is 0.737. The molecular formula is C13H17NO4. The van der Waals surface area contributed by atoms with Gasteiger partial charge in [0.25, 0.3) is 0 Å². The Morgan fingerprint density at radius 1 is 1.17 bits per heavy atom. The third kappa shape index (κ3) is 3.76. The van der Waals surface area contributed by atoms with Crippen molar-refractivity contribution in [1.29, 1.82) is 0 Å². The highest BCUT2D eigenvalue weighted by molar-refractivity contribution is 5.84. The van der Waals surface area contributed by atoms with Crippen LogP contribution in [0.1, 0.15) is 19.4 Å². The number of rotatable bonds is 5. The van der Waals surface area contributed by atoms with Crippen LogP contribution < -0.4 is 5.32 Å². The maximum atomic E-state index is 11.7. The molecule has 0 radical (unpaired) electrons. The number of carbonyl (C=O) groups is 2. The molecule has 1 aromatic rings. The lowest BCUT2D eigenvalue weighted by atomic mass is 9.95. The van der Waals surface area contributed by atoms with E-state index in [1.165, 1.54) is 19.1 Å². The number of amides is 1. The minimum absolute atomic E-state index is 0.165. The third-order valence-corrected chi connectivity index (χ3v) is 2.96. The van der Waals surface area contributed by atoms with Gasteiger partial charge in [0, 0.05) is 12.5 Å². The highest BCUT2D eigenvalue weighted by Crippen LogP contribution is 2.12. The highest BCUT2D eigenvalue weighted by atomic mass is 16.4. The van der Waals surface area contributed by atoms with Gasteiger partial charge < -0.3 is 15.5 Å². The molecule has 0 spiro atoms. The maximum absolute atomic E-state index is 11.7. The molecule has 2 unspecified atom stereocenters. The predicted octanol–water partition coefficient (Wildman–Crippen LogP) is 1.37. The standard InChI is InChI=1S/C13H17NO4/c1-8(9(2)13(17)18)12(16)14-7-10-3-5-11(15)6-4-10/h3-6,8-9,15H,7H2,1-2H3,(H,14,16)(H,17,18). The molecule has 0 aromatic heterocycles. The molecule has 0 aliphatic heterocycles. The Morgan fingerprint density at radius 2 is 1.72 bits per heavy atom. The summed E-state index contributed by atoms with van der Waals surface area (Å²) >= 11 is 0. The van der Waals surface area contributed by atoms with Crippen LogP contribution in [-0.2, 0) is 16.1 Å². The molecular weight excluding hydrogens is 234 g/mol. The molecule has 0 saturated heterocycles. The molecule has 0 saturated carbocycles. The van der Waals surface area contributed by atoms with E-state index in [1.807, 2.05) is 0 Å². The van der Waals surface area contributed by atoms with Crippen LogP contribution in [-0.4, -0.2) is 22.1 Å². The lowest BCUT2D eigenvalue weighted by Gasteiger charge is -2.15. The van der Waals surface area contributed by atoms with Crippen LogP contribution in [0.25, 0.3) is 0 Å². The molecule has 1 rings (SSSR count). The fourth-order valence-electron chi connectivity index (χ4n) is 1.40. The minimum atomic E-state index is -0.984. The first kappa shape index (κ1) is 14.0. The van der Waals surface area contributed by atoms with Gasteiger partial charge in [0.05, 0.1) is 5.92 Å². The van der Waals surface area contributed by atoms with Gasteiger partial charge in [-0.1, -0.05) is 26.0 Å². The van der Waals surface area contributed by atoms with Crippen molar-refractivity contribution in [3.05, 3.63) is 29.8 Å². The number of aromatic hydroxyl groups is 1. The maximum Gasteiger partial charge on any atom is 0.307 e.